The fourth-order valence-electron chi connectivity index (χ4n) is 2.31. The average Bonchev–Trinajstić information content (AvgIpc) is 3.10. The van der Waals surface area contributed by atoms with E-state index in [2.05, 4.69) is 31.4 Å². The van der Waals surface area contributed by atoms with Crippen molar-refractivity contribution in [3.05, 3.63) is 64.5 Å². The Morgan fingerprint density at radius 2 is 2.08 bits per heavy atom. The number of hydrogen-bond donors (Lipinski definition) is 1. The standard InChI is InChI=1S/C19H18BrN3O3/c1-12-6-3-4-9-16(12)25-13(2)19(24)21-11-17-22-18(23-26-17)14-7-5-8-15(20)10-14/h3-10,13H,11H2,1-2H3,(H,21,24). The molecule has 7 heteroatoms. The molecular formula is C19H18BrN3O3. The molecule has 0 aliphatic rings. The molecule has 1 atom stereocenters. The zero-order valence-electron chi connectivity index (χ0n) is 14.4. The second-order valence-corrected chi connectivity index (χ2v) is 6.68. The zero-order chi connectivity index (χ0) is 18.5. The topological polar surface area (TPSA) is 77.2 Å². The van der Waals surface area contributed by atoms with Crippen LogP contribution in [0.5, 0.6) is 5.75 Å². The fraction of sp³-hybridized carbons (Fsp3) is 0.211. The number of carbonyl (C=O) groups is 1. The Morgan fingerprint density at radius 3 is 2.85 bits per heavy atom. The molecular weight excluding hydrogens is 398 g/mol. The molecule has 0 aliphatic heterocycles. The fourth-order valence-corrected chi connectivity index (χ4v) is 2.71. The molecule has 0 spiro atoms. The molecule has 3 rings (SSSR count). The van der Waals surface area contributed by atoms with E-state index in [0.717, 1.165) is 15.6 Å². The lowest BCUT2D eigenvalue weighted by Crippen LogP contribution is -2.36. The van der Waals surface area contributed by atoms with Crippen LogP contribution >= 0.6 is 15.9 Å². The third kappa shape index (κ3) is 4.49. The molecule has 0 aliphatic carbocycles. The van der Waals surface area contributed by atoms with Crippen molar-refractivity contribution in [2.45, 2.75) is 26.5 Å². The number of hydrogen-bond acceptors (Lipinski definition) is 5. The Balaban J connectivity index is 1.57. The van der Waals surface area contributed by atoms with Crippen LogP contribution in [0.15, 0.2) is 57.5 Å². The highest BCUT2D eigenvalue weighted by Gasteiger charge is 2.17. The molecule has 2 aromatic carbocycles. The van der Waals surface area contributed by atoms with E-state index < -0.39 is 6.10 Å². The number of aryl methyl sites for hydroxylation is 1. The summed E-state index contributed by atoms with van der Waals surface area (Å²) in [4.78, 5) is 16.5. The van der Waals surface area contributed by atoms with Gasteiger partial charge in [-0.05, 0) is 37.6 Å². The summed E-state index contributed by atoms with van der Waals surface area (Å²) in [6.07, 6.45) is -0.636. The van der Waals surface area contributed by atoms with Crippen molar-refractivity contribution in [2.24, 2.45) is 0 Å². The van der Waals surface area contributed by atoms with E-state index in [9.17, 15) is 4.79 Å². The minimum Gasteiger partial charge on any atom is -0.481 e. The largest absolute Gasteiger partial charge is 0.481 e. The second kappa shape index (κ2) is 8.14. The van der Waals surface area contributed by atoms with E-state index in [1.807, 2.05) is 55.5 Å². The molecule has 1 heterocycles. The Morgan fingerprint density at radius 1 is 1.27 bits per heavy atom. The van der Waals surface area contributed by atoms with Crippen molar-refractivity contribution in [1.29, 1.82) is 0 Å². The number of amides is 1. The molecule has 0 saturated heterocycles. The van der Waals surface area contributed by atoms with Gasteiger partial charge >= 0.3 is 0 Å². The molecule has 1 N–H and O–H groups in total. The van der Waals surface area contributed by atoms with Gasteiger partial charge < -0.3 is 14.6 Å². The Bertz CT molecular complexity index is 910. The average molecular weight is 416 g/mol. The molecule has 0 saturated carbocycles. The number of para-hydroxylation sites is 1. The Labute approximate surface area is 159 Å². The lowest BCUT2D eigenvalue weighted by molar-refractivity contribution is -0.127. The summed E-state index contributed by atoms with van der Waals surface area (Å²) >= 11 is 3.41. The highest BCUT2D eigenvalue weighted by Crippen LogP contribution is 2.20. The lowest BCUT2D eigenvalue weighted by Gasteiger charge is -2.15. The molecule has 1 amide bonds. The smallest absolute Gasteiger partial charge is 0.261 e. The van der Waals surface area contributed by atoms with Gasteiger partial charge in [0.05, 0.1) is 6.54 Å². The van der Waals surface area contributed by atoms with E-state index in [1.165, 1.54) is 0 Å². The van der Waals surface area contributed by atoms with Crippen LogP contribution in [0.1, 0.15) is 18.4 Å². The van der Waals surface area contributed by atoms with Gasteiger partial charge in [0, 0.05) is 10.0 Å². The number of halogens is 1. The minimum atomic E-state index is -0.636. The highest BCUT2D eigenvalue weighted by atomic mass is 79.9. The second-order valence-electron chi connectivity index (χ2n) is 5.77. The van der Waals surface area contributed by atoms with Crippen LogP contribution in [-0.4, -0.2) is 22.2 Å². The van der Waals surface area contributed by atoms with Crippen LogP contribution in [0.4, 0.5) is 0 Å². The molecule has 3 aromatic rings. The van der Waals surface area contributed by atoms with Gasteiger partial charge in [-0.1, -0.05) is 51.4 Å². The number of carbonyl (C=O) groups excluding carboxylic acids is 1. The summed E-state index contributed by atoms with van der Waals surface area (Å²) in [5.41, 5.74) is 1.81. The molecule has 0 radical (unpaired) electrons. The maximum Gasteiger partial charge on any atom is 0.261 e. The third-order valence-corrected chi connectivity index (χ3v) is 4.22. The molecule has 134 valence electrons. The van der Waals surface area contributed by atoms with Crippen LogP contribution in [0.2, 0.25) is 0 Å². The number of nitrogens with one attached hydrogen (secondary N) is 1. The van der Waals surface area contributed by atoms with E-state index in [1.54, 1.807) is 6.92 Å². The molecule has 1 aromatic heterocycles. The monoisotopic (exact) mass is 415 g/mol. The predicted octanol–water partition coefficient (Wildman–Crippen LogP) is 3.89. The number of aromatic nitrogens is 2. The van der Waals surface area contributed by atoms with Gasteiger partial charge in [-0.3, -0.25) is 4.79 Å². The summed E-state index contributed by atoms with van der Waals surface area (Å²) < 4.78 is 11.8. The molecule has 1 unspecified atom stereocenters. The van der Waals surface area contributed by atoms with Crippen LogP contribution < -0.4 is 10.1 Å². The van der Waals surface area contributed by atoms with Gasteiger partial charge in [0.2, 0.25) is 11.7 Å². The van der Waals surface area contributed by atoms with E-state index in [4.69, 9.17) is 9.26 Å². The summed E-state index contributed by atoms with van der Waals surface area (Å²) in [5.74, 6) is 1.23. The normalized spacial score (nSPS) is 11.8. The van der Waals surface area contributed by atoms with E-state index in [0.29, 0.717) is 17.5 Å². The quantitative estimate of drug-likeness (QED) is 0.660. The van der Waals surface area contributed by atoms with Crippen molar-refractivity contribution < 1.29 is 14.1 Å². The highest BCUT2D eigenvalue weighted by molar-refractivity contribution is 9.10. The van der Waals surface area contributed by atoms with Crippen LogP contribution in [0, 0.1) is 6.92 Å². The number of nitrogens with zero attached hydrogens (tertiary/aromatic N) is 2. The maximum absolute atomic E-state index is 12.2. The number of rotatable bonds is 6. The third-order valence-electron chi connectivity index (χ3n) is 3.73. The zero-order valence-corrected chi connectivity index (χ0v) is 16.0. The minimum absolute atomic E-state index is 0.140. The van der Waals surface area contributed by atoms with Gasteiger partial charge in [0.25, 0.3) is 5.91 Å². The van der Waals surface area contributed by atoms with E-state index >= 15 is 0 Å². The molecule has 0 bridgehead atoms. The molecule has 26 heavy (non-hydrogen) atoms. The summed E-state index contributed by atoms with van der Waals surface area (Å²) in [6.45, 7) is 3.77. The van der Waals surface area contributed by atoms with Crippen molar-refractivity contribution in [3.63, 3.8) is 0 Å². The summed E-state index contributed by atoms with van der Waals surface area (Å²) in [5, 5.41) is 6.69. The maximum atomic E-state index is 12.2. The first-order chi connectivity index (χ1) is 12.5. The number of ether oxygens (including phenoxy) is 1. The first kappa shape index (κ1) is 18.1. The SMILES string of the molecule is Cc1ccccc1OC(C)C(=O)NCc1nc(-c2cccc(Br)c2)no1. The van der Waals surface area contributed by atoms with Crippen LogP contribution in [-0.2, 0) is 11.3 Å². The van der Waals surface area contributed by atoms with Crippen molar-refractivity contribution in [1.82, 2.24) is 15.5 Å². The first-order valence-electron chi connectivity index (χ1n) is 8.11. The summed E-state index contributed by atoms with van der Waals surface area (Å²) in [6, 6.07) is 15.1. The van der Waals surface area contributed by atoms with Gasteiger partial charge in [0.1, 0.15) is 5.75 Å². The molecule has 6 nitrogen and oxygen atoms in total. The van der Waals surface area contributed by atoms with E-state index in [-0.39, 0.29) is 12.5 Å². The predicted molar refractivity (Wildman–Crippen MR) is 101 cm³/mol. The van der Waals surface area contributed by atoms with Crippen LogP contribution in [0.25, 0.3) is 11.4 Å². The first-order valence-corrected chi connectivity index (χ1v) is 8.91. The molecule has 0 fully saturated rings. The Hall–Kier alpha value is -2.67. The lowest BCUT2D eigenvalue weighted by atomic mass is 10.2. The van der Waals surface area contributed by atoms with Gasteiger partial charge in [-0.25, -0.2) is 0 Å². The Kier molecular flexibility index (Phi) is 5.68. The van der Waals surface area contributed by atoms with Crippen molar-refractivity contribution in [2.75, 3.05) is 0 Å². The van der Waals surface area contributed by atoms with Gasteiger partial charge in [-0.15, -0.1) is 0 Å². The van der Waals surface area contributed by atoms with Crippen LogP contribution in [0.3, 0.4) is 0 Å². The van der Waals surface area contributed by atoms with Gasteiger partial charge in [-0.2, -0.15) is 4.98 Å². The number of benzene rings is 2. The van der Waals surface area contributed by atoms with Crippen molar-refractivity contribution >= 4 is 21.8 Å². The summed E-state index contributed by atoms with van der Waals surface area (Å²) in [7, 11) is 0. The van der Waals surface area contributed by atoms with Gasteiger partial charge in [0.15, 0.2) is 6.10 Å². The van der Waals surface area contributed by atoms with Crippen molar-refractivity contribution in [3.8, 4) is 17.1 Å².